The number of esters is 2. The topological polar surface area (TPSA) is 52.6 Å². The molecule has 0 saturated heterocycles. The highest BCUT2D eigenvalue weighted by molar-refractivity contribution is 5.87. The fourth-order valence-corrected chi connectivity index (χ4v) is 0.886. The van der Waals surface area contributed by atoms with Crippen LogP contribution in [0.1, 0.15) is 40.0 Å². The number of unbranched alkanes of at least 4 members (excludes halogenated alkanes) is 2. The molecule has 4 nitrogen and oxygen atoms in total. The van der Waals surface area contributed by atoms with Gasteiger partial charge in [0.15, 0.2) is 0 Å². The van der Waals surface area contributed by atoms with Gasteiger partial charge in [0.1, 0.15) is 0 Å². The van der Waals surface area contributed by atoms with E-state index in [0.29, 0.717) is 5.57 Å². The van der Waals surface area contributed by atoms with Crippen molar-refractivity contribution in [2.45, 2.75) is 40.0 Å². The minimum atomic E-state index is -0.463. The van der Waals surface area contributed by atoms with Crippen LogP contribution in [0.25, 0.3) is 0 Å². The zero-order valence-corrected chi connectivity index (χ0v) is 9.54. The van der Waals surface area contributed by atoms with Gasteiger partial charge in [-0.05, 0) is 13.3 Å². The van der Waals surface area contributed by atoms with Crippen molar-refractivity contribution in [2.75, 3.05) is 6.79 Å². The second-order valence-electron chi connectivity index (χ2n) is 3.21. The van der Waals surface area contributed by atoms with Crippen LogP contribution < -0.4 is 0 Å². The lowest BCUT2D eigenvalue weighted by atomic mass is 10.2. The van der Waals surface area contributed by atoms with Crippen molar-refractivity contribution < 1.29 is 19.1 Å². The Kier molecular flexibility index (Phi) is 7.32. The molecule has 0 aromatic rings. The van der Waals surface area contributed by atoms with Crippen LogP contribution in [0, 0.1) is 0 Å². The molecule has 0 bridgehead atoms. The van der Waals surface area contributed by atoms with E-state index in [-0.39, 0.29) is 6.79 Å². The monoisotopic (exact) mass is 214 g/mol. The minimum absolute atomic E-state index is 0.312. The molecule has 0 unspecified atom stereocenters. The molecule has 0 aromatic carbocycles. The summed E-state index contributed by atoms with van der Waals surface area (Å²) in [5, 5.41) is 0. The Balaban J connectivity index is 3.78. The molecule has 0 aromatic heterocycles. The lowest BCUT2D eigenvalue weighted by Gasteiger charge is -2.04. The molecule has 0 amide bonds. The van der Waals surface area contributed by atoms with Crippen LogP contribution in [-0.4, -0.2) is 18.7 Å². The number of ether oxygens (including phenoxy) is 2. The van der Waals surface area contributed by atoms with Crippen molar-refractivity contribution in [3.8, 4) is 0 Å². The molecule has 0 rings (SSSR count). The Labute approximate surface area is 90.2 Å². The van der Waals surface area contributed by atoms with Crippen molar-refractivity contribution in [3.05, 3.63) is 11.6 Å². The van der Waals surface area contributed by atoms with Gasteiger partial charge in [0, 0.05) is 12.5 Å². The molecule has 0 aliphatic heterocycles. The molecule has 0 radical (unpaired) electrons. The molecule has 0 atom stereocenters. The zero-order chi connectivity index (χ0) is 11.7. The summed E-state index contributed by atoms with van der Waals surface area (Å²) in [7, 11) is 0. The van der Waals surface area contributed by atoms with Crippen LogP contribution in [0.15, 0.2) is 11.6 Å². The number of allylic oxidation sites excluding steroid dienone is 1. The number of rotatable bonds is 6. The maximum Gasteiger partial charge on any atom is 0.336 e. The van der Waals surface area contributed by atoms with Crippen molar-refractivity contribution in [2.24, 2.45) is 0 Å². The van der Waals surface area contributed by atoms with E-state index in [9.17, 15) is 9.59 Å². The lowest BCUT2D eigenvalue weighted by molar-refractivity contribution is -0.162. The third-order valence-electron chi connectivity index (χ3n) is 1.78. The molecule has 0 spiro atoms. The molecule has 86 valence electrons. The van der Waals surface area contributed by atoms with E-state index in [2.05, 4.69) is 11.7 Å². The molecule has 4 heteroatoms. The van der Waals surface area contributed by atoms with Crippen LogP contribution in [0.4, 0.5) is 0 Å². The lowest BCUT2D eigenvalue weighted by Crippen LogP contribution is -2.11. The highest BCUT2D eigenvalue weighted by Crippen LogP contribution is 2.02. The van der Waals surface area contributed by atoms with Gasteiger partial charge in [-0.15, -0.1) is 0 Å². The average molecular weight is 214 g/mol. The standard InChI is InChI=1S/C11H18O4/c1-4-5-6-7-9(2)11(13)15-8-14-10(3)12/h7H,4-6,8H2,1-3H3. The van der Waals surface area contributed by atoms with Crippen molar-refractivity contribution >= 4 is 11.9 Å². The van der Waals surface area contributed by atoms with E-state index in [1.807, 2.05) is 6.08 Å². The van der Waals surface area contributed by atoms with E-state index < -0.39 is 11.9 Å². The van der Waals surface area contributed by atoms with Crippen LogP contribution >= 0.6 is 0 Å². The molecular weight excluding hydrogens is 196 g/mol. The first-order chi connectivity index (χ1) is 7.07. The Morgan fingerprint density at radius 3 is 2.40 bits per heavy atom. The zero-order valence-electron chi connectivity index (χ0n) is 9.54. The van der Waals surface area contributed by atoms with E-state index in [4.69, 9.17) is 4.74 Å². The van der Waals surface area contributed by atoms with Crippen molar-refractivity contribution in [3.63, 3.8) is 0 Å². The summed E-state index contributed by atoms with van der Waals surface area (Å²) >= 11 is 0. The molecule has 0 aliphatic carbocycles. The predicted molar refractivity (Wildman–Crippen MR) is 56.0 cm³/mol. The summed E-state index contributed by atoms with van der Waals surface area (Å²) in [6.45, 7) is 4.72. The van der Waals surface area contributed by atoms with Crippen LogP contribution in [0.5, 0.6) is 0 Å². The van der Waals surface area contributed by atoms with Crippen LogP contribution in [-0.2, 0) is 19.1 Å². The summed E-state index contributed by atoms with van der Waals surface area (Å²) in [5.74, 6) is -0.900. The third kappa shape index (κ3) is 7.73. The molecule has 0 fully saturated rings. The minimum Gasteiger partial charge on any atom is -0.428 e. The van der Waals surface area contributed by atoms with E-state index in [1.54, 1.807) is 6.92 Å². The third-order valence-corrected chi connectivity index (χ3v) is 1.78. The van der Waals surface area contributed by atoms with Gasteiger partial charge in [0.2, 0.25) is 6.79 Å². The average Bonchev–Trinajstić information content (AvgIpc) is 2.17. The van der Waals surface area contributed by atoms with E-state index in [1.165, 1.54) is 6.92 Å². The summed E-state index contributed by atoms with van der Waals surface area (Å²) < 4.78 is 9.17. The van der Waals surface area contributed by atoms with Gasteiger partial charge in [-0.2, -0.15) is 0 Å². The van der Waals surface area contributed by atoms with Crippen molar-refractivity contribution in [1.82, 2.24) is 0 Å². The molecule has 0 saturated carbocycles. The van der Waals surface area contributed by atoms with Gasteiger partial charge >= 0.3 is 11.9 Å². The van der Waals surface area contributed by atoms with Crippen LogP contribution in [0.3, 0.4) is 0 Å². The summed E-state index contributed by atoms with van der Waals surface area (Å²) in [6.07, 6.45) is 4.84. The smallest absolute Gasteiger partial charge is 0.336 e. The maximum absolute atomic E-state index is 11.2. The van der Waals surface area contributed by atoms with Gasteiger partial charge in [0.05, 0.1) is 0 Å². The maximum atomic E-state index is 11.2. The largest absolute Gasteiger partial charge is 0.428 e. The molecule has 0 N–H and O–H groups in total. The van der Waals surface area contributed by atoms with Gasteiger partial charge in [-0.1, -0.05) is 25.8 Å². The number of hydrogen-bond acceptors (Lipinski definition) is 4. The fraction of sp³-hybridized carbons (Fsp3) is 0.636. The van der Waals surface area contributed by atoms with Crippen molar-refractivity contribution in [1.29, 1.82) is 0 Å². The van der Waals surface area contributed by atoms with Crippen LogP contribution in [0.2, 0.25) is 0 Å². The number of carbonyl (C=O) groups excluding carboxylic acids is 2. The van der Waals surface area contributed by atoms with Gasteiger partial charge in [-0.3, -0.25) is 4.79 Å². The Hall–Kier alpha value is -1.32. The van der Waals surface area contributed by atoms with Gasteiger partial charge < -0.3 is 9.47 Å². The summed E-state index contributed by atoms with van der Waals surface area (Å²) in [4.78, 5) is 21.6. The highest BCUT2D eigenvalue weighted by Gasteiger charge is 2.05. The predicted octanol–water partition coefficient (Wildman–Crippen LogP) is 2.19. The highest BCUT2D eigenvalue weighted by atomic mass is 16.7. The second-order valence-corrected chi connectivity index (χ2v) is 3.21. The Bertz CT molecular complexity index is 243. The quantitative estimate of drug-likeness (QED) is 0.294. The Morgan fingerprint density at radius 1 is 1.20 bits per heavy atom. The normalized spacial score (nSPS) is 11.0. The Morgan fingerprint density at radius 2 is 1.87 bits per heavy atom. The van der Waals surface area contributed by atoms with E-state index in [0.717, 1.165) is 19.3 Å². The summed E-state index contributed by atoms with van der Waals surface area (Å²) in [6, 6.07) is 0. The molecular formula is C11H18O4. The van der Waals surface area contributed by atoms with E-state index >= 15 is 0 Å². The first-order valence-corrected chi connectivity index (χ1v) is 5.05. The number of carbonyl (C=O) groups is 2. The SMILES string of the molecule is CCCCC=C(C)C(=O)OCOC(C)=O. The fourth-order valence-electron chi connectivity index (χ4n) is 0.886. The molecule has 0 aliphatic rings. The first kappa shape index (κ1) is 13.7. The second kappa shape index (κ2) is 8.03. The first-order valence-electron chi connectivity index (χ1n) is 5.05. The number of hydrogen-bond donors (Lipinski definition) is 0. The van der Waals surface area contributed by atoms with Gasteiger partial charge in [0.25, 0.3) is 0 Å². The molecule has 0 heterocycles. The molecule has 15 heavy (non-hydrogen) atoms. The summed E-state index contributed by atoms with van der Waals surface area (Å²) in [5.41, 5.74) is 0.551. The van der Waals surface area contributed by atoms with Gasteiger partial charge in [-0.25, -0.2) is 4.79 Å².